The molecule has 0 spiro atoms. The molecule has 1 aliphatic heterocycles. The van der Waals surface area contributed by atoms with Crippen molar-refractivity contribution in [3.05, 3.63) is 28.8 Å². The molecule has 1 atom stereocenters. The van der Waals surface area contributed by atoms with Crippen LogP contribution in [-0.2, 0) is 4.74 Å². The van der Waals surface area contributed by atoms with Crippen molar-refractivity contribution in [2.24, 2.45) is 5.92 Å². The van der Waals surface area contributed by atoms with Crippen molar-refractivity contribution in [2.45, 2.75) is 69.6 Å². The zero-order valence-corrected chi connectivity index (χ0v) is 17.5. The lowest BCUT2D eigenvalue weighted by molar-refractivity contribution is -0.0426. The third kappa shape index (κ3) is 5.42. The molecule has 1 aromatic heterocycles. The third-order valence-electron chi connectivity index (χ3n) is 6.41. The zero-order valence-electron chi connectivity index (χ0n) is 16.7. The molecule has 2 aliphatic rings. The molecule has 0 amide bonds. The fourth-order valence-electron chi connectivity index (χ4n) is 4.65. The number of pyridine rings is 1. The number of likely N-dealkylation sites (N-methyl/N-ethyl adjacent to an activating group) is 1. The van der Waals surface area contributed by atoms with Crippen LogP contribution < -0.4 is 10.6 Å². The Labute approximate surface area is 172 Å². The lowest BCUT2D eigenvalue weighted by atomic mass is 9.78. The van der Waals surface area contributed by atoms with Gasteiger partial charge in [-0.15, -0.1) is 0 Å². The van der Waals surface area contributed by atoms with Crippen molar-refractivity contribution in [3.63, 3.8) is 0 Å². The molecule has 5 nitrogen and oxygen atoms in total. The van der Waals surface area contributed by atoms with Gasteiger partial charge in [0.05, 0.1) is 22.5 Å². The Balaban J connectivity index is 1.46. The van der Waals surface area contributed by atoms with Gasteiger partial charge in [0, 0.05) is 19.1 Å². The molecular formula is C21H33ClFN3O2. The van der Waals surface area contributed by atoms with Crippen molar-refractivity contribution < 1.29 is 14.2 Å². The van der Waals surface area contributed by atoms with Crippen LogP contribution in [0.15, 0.2) is 12.3 Å². The van der Waals surface area contributed by atoms with Gasteiger partial charge in [-0.1, -0.05) is 18.5 Å². The van der Waals surface area contributed by atoms with E-state index in [0.717, 1.165) is 63.7 Å². The van der Waals surface area contributed by atoms with Gasteiger partial charge in [0.2, 0.25) is 0 Å². The maximum absolute atomic E-state index is 13.2. The van der Waals surface area contributed by atoms with E-state index in [1.165, 1.54) is 12.3 Å². The number of hydrogen-bond acceptors (Lipinski definition) is 5. The van der Waals surface area contributed by atoms with E-state index < -0.39 is 6.23 Å². The highest BCUT2D eigenvalue weighted by Gasteiger charge is 2.39. The molecule has 3 rings (SSSR count). The molecule has 1 aromatic rings. The van der Waals surface area contributed by atoms with Crippen LogP contribution in [0.4, 0.5) is 4.39 Å². The molecule has 7 heteroatoms. The van der Waals surface area contributed by atoms with Crippen LogP contribution in [0.2, 0.25) is 5.02 Å². The number of aliphatic hydroxyl groups excluding tert-OH is 1. The first-order valence-corrected chi connectivity index (χ1v) is 11.0. The van der Waals surface area contributed by atoms with Gasteiger partial charge >= 0.3 is 0 Å². The van der Waals surface area contributed by atoms with E-state index >= 15 is 0 Å². The van der Waals surface area contributed by atoms with E-state index in [4.69, 9.17) is 16.3 Å². The molecule has 1 unspecified atom stereocenters. The van der Waals surface area contributed by atoms with E-state index in [1.54, 1.807) is 0 Å². The fourth-order valence-corrected chi connectivity index (χ4v) is 4.95. The summed E-state index contributed by atoms with van der Waals surface area (Å²) < 4.78 is 18.7. The first kappa shape index (κ1) is 21.9. The van der Waals surface area contributed by atoms with Crippen molar-refractivity contribution in [2.75, 3.05) is 26.3 Å². The Bertz CT molecular complexity index is 620. The molecule has 1 saturated carbocycles. The second kappa shape index (κ2) is 10.3. The van der Waals surface area contributed by atoms with Gasteiger partial charge in [-0.3, -0.25) is 10.3 Å². The number of nitrogens with one attached hydrogen (secondary N) is 2. The minimum absolute atomic E-state index is 0.295. The Morgan fingerprint density at radius 3 is 2.68 bits per heavy atom. The maximum Gasteiger partial charge on any atom is 0.142 e. The SMILES string of the molecule is CCNC(O)C1(NCCC2CCC(c3ncc(F)cc3Cl)CC2)CCOCC1. The number of nitrogens with zero attached hydrogens (tertiary/aromatic N) is 1. The largest absolute Gasteiger partial charge is 0.381 e. The summed E-state index contributed by atoms with van der Waals surface area (Å²) in [5, 5.41) is 17.9. The fraction of sp³-hybridized carbons (Fsp3) is 0.762. The highest BCUT2D eigenvalue weighted by atomic mass is 35.5. The van der Waals surface area contributed by atoms with Gasteiger partial charge < -0.3 is 15.2 Å². The molecule has 0 aromatic carbocycles. The van der Waals surface area contributed by atoms with Crippen LogP contribution in [0.25, 0.3) is 0 Å². The lowest BCUT2D eigenvalue weighted by Crippen LogP contribution is -2.62. The minimum Gasteiger partial charge on any atom is -0.381 e. The average Bonchev–Trinajstić information content (AvgIpc) is 2.70. The van der Waals surface area contributed by atoms with Crippen LogP contribution in [0.3, 0.4) is 0 Å². The number of halogens is 2. The van der Waals surface area contributed by atoms with Crippen molar-refractivity contribution in [1.82, 2.24) is 15.6 Å². The number of aromatic nitrogens is 1. The van der Waals surface area contributed by atoms with Gasteiger partial charge in [-0.2, -0.15) is 0 Å². The number of ether oxygens (including phenoxy) is 1. The van der Waals surface area contributed by atoms with E-state index in [0.29, 0.717) is 30.1 Å². The van der Waals surface area contributed by atoms with Crippen LogP contribution >= 0.6 is 11.6 Å². The summed E-state index contributed by atoms with van der Waals surface area (Å²) in [7, 11) is 0. The molecule has 0 bridgehead atoms. The maximum atomic E-state index is 13.2. The summed E-state index contributed by atoms with van der Waals surface area (Å²) in [5.41, 5.74) is 0.548. The Morgan fingerprint density at radius 2 is 2.04 bits per heavy atom. The van der Waals surface area contributed by atoms with E-state index in [-0.39, 0.29) is 11.4 Å². The van der Waals surface area contributed by atoms with Gasteiger partial charge in [0.1, 0.15) is 12.0 Å². The molecule has 1 saturated heterocycles. The quantitative estimate of drug-likeness (QED) is 0.568. The zero-order chi connectivity index (χ0) is 20.0. The molecule has 1 aliphatic carbocycles. The summed E-state index contributed by atoms with van der Waals surface area (Å²) in [5.74, 6) is 0.612. The molecular weight excluding hydrogens is 381 g/mol. The molecule has 3 N–H and O–H groups in total. The van der Waals surface area contributed by atoms with Crippen LogP contribution in [0.1, 0.15) is 63.5 Å². The first-order valence-electron chi connectivity index (χ1n) is 10.6. The second-order valence-corrected chi connectivity index (χ2v) is 8.59. The summed E-state index contributed by atoms with van der Waals surface area (Å²) in [6, 6.07) is 1.36. The number of hydrogen-bond donors (Lipinski definition) is 3. The van der Waals surface area contributed by atoms with Gasteiger partial charge in [-0.05, 0) is 70.0 Å². The summed E-state index contributed by atoms with van der Waals surface area (Å²) in [4.78, 5) is 4.23. The number of aliphatic hydroxyl groups is 1. The van der Waals surface area contributed by atoms with Crippen LogP contribution in [0, 0.1) is 11.7 Å². The monoisotopic (exact) mass is 413 g/mol. The smallest absolute Gasteiger partial charge is 0.142 e. The first-order chi connectivity index (χ1) is 13.5. The number of rotatable bonds is 8. The highest BCUT2D eigenvalue weighted by Crippen LogP contribution is 2.38. The predicted octanol–water partition coefficient (Wildman–Crippen LogP) is 3.60. The average molecular weight is 414 g/mol. The van der Waals surface area contributed by atoms with Crippen molar-refractivity contribution >= 4 is 11.6 Å². The summed E-state index contributed by atoms with van der Waals surface area (Å²) in [6.07, 6.45) is 7.80. The lowest BCUT2D eigenvalue weighted by Gasteiger charge is -2.42. The molecule has 158 valence electrons. The van der Waals surface area contributed by atoms with Crippen molar-refractivity contribution in [1.29, 1.82) is 0 Å². The normalized spacial score (nSPS) is 26.1. The Morgan fingerprint density at radius 1 is 1.32 bits per heavy atom. The highest BCUT2D eigenvalue weighted by molar-refractivity contribution is 6.31. The minimum atomic E-state index is -0.552. The van der Waals surface area contributed by atoms with Gasteiger partial charge in [0.15, 0.2) is 0 Å². The molecule has 28 heavy (non-hydrogen) atoms. The van der Waals surface area contributed by atoms with E-state index in [9.17, 15) is 9.50 Å². The van der Waals surface area contributed by atoms with Crippen molar-refractivity contribution in [3.8, 4) is 0 Å². The summed E-state index contributed by atoms with van der Waals surface area (Å²) >= 11 is 6.19. The standard InChI is InChI=1S/C21H33ClFN3O2/c1-2-24-20(27)21(8-11-28-12-9-21)26-10-7-15-3-5-16(6-4-15)19-18(22)13-17(23)14-25-19/h13-16,20,24,26-27H,2-12H2,1H3. The third-order valence-corrected chi connectivity index (χ3v) is 6.71. The summed E-state index contributed by atoms with van der Waals surface area (Å²) in [6.45, 7) is 5.03. The Hall–Kier alpha value is -0.790. The van der Waals surface area contributed by atoms with Crippen LogP contribution in [0.5, 0.6) is 0 Å². The van der Waals surface area contributed by atoms with Gasteiger partial charge in [-0.25, -0.2) is 4.39 Å². The molecule has 2 heterocycles. The van der Waals surface area contributed by atoms with Crippen LogP contribution in [-0.4, -0.2) is 48.2 Å². The predicted molar refractivity (Wildman–Crippen MR) is 109 cm³/mol. The van der Waals surface area contributed by atoms with E-state index in [1.807, 2.05) is 6.92 Å². The Kier molecular flexibility index (Phi) is 8.06. The molecule has 2 fully saturated rings. The topological polar surface area (TPSA) is 66.4 Å². The van der Waals surface area contributed by atoms with Gasteiger partial charge in [0.25, 0.3) is 0 Å². The second-order valence-electron chi connectivity index (χ2n) is 8.18. The van der Waals surface area contributed by atoms with E-state index in [2.05, 4.69) is 15.6 Å². The molecule has 0 radical (unpaired) electrons.